The molecule has 0 radical (unpaired) electrons. The Bertz CT molecular complexity index is 138. The van der Waals surface area contributed by atoms with Gasteiger partial charge in [0.2, 0.25) is 0 Å². The van der Waals surface area contributed by atoms with E-state index in [0.717, 1.165) is 6.04 Å². The molecule has 0 saturated carbocycles. The topological polar surface area (TPSA) is 3.24 Å². The van der Waals surface area contributed by atoms with E-state index in [1.54, 1.807) is 0 Å². The molecule has 0 amide bonds. The molecule has 11 heavy (non-hydrogen) atoms. The minimum Gasteiger partial charge on any atom is -0.375 e. The van der Waals surface area contributed by atoms with Crippen LogP contribution >= 0.6 is 0 Å². The highest BCUT2D eigenvalue weighted by Gasteiger charge is 2.15. The molecule has 1 fully saturated rings. The summed E-state index contributed by atoms with van der Waals surface area (Å²) in [6.07, 6.45) is 7.27. The van der Waals surface area contributed by atoms with E-state index in [-0.39, 0.29) is 0 Å². The maximum absolute atomic E-state index is 2.44. The van der Waals surface area contributed by atoms with E-state index in [9.17, 15) is 0 Å². The lowest BCUT2D eigenvalue weighted by molar-refractivity contribution is 0.369. The molecule has 1 heterocycles. The zero-order valence-corrected chi connectivity index (χ0v) is 7.88. The Hall–Kier alpha value is -0.460. The second-order valence-corrected chi connectivity index (χ2v) is 3.81. The van der Waals surface area contributed by atoms with Gasteiger partial charge in [-0.3, -0.25) is 0 Å². The van der Waals surface area contributed by atoms with Crippen LogP contribution in [0, 0.1) is 5.92 Å². The average Bonchev–Trinajstić information content (AvgIpc) is 2.31. The molecule has 0 spiro atoms. The highest BCUT2D eigenvalue weighted by Crippen LogP contribution is 2.16. The molecular formula is C10H19N. The second-order valence-electron chi connectivity index (χ2n) is 3.81. The highest BCUT2D eigenvalue weighted by molar-refractivity contribution is 4.90. The minimum atomic E-state index is 0.683. The molecule has 0 unspecified atom stereocenters. The molecule has 1 nitrogen and oxygen atoms in total. The second kappa shape index (κ2) is 3.80. The summed E-state index contributed by atoms with van der Waals surface area (Å²) in [5, 5.41) is 0. The van der Waals surface area contributed by atoms with Gasteiger partial charge in [0.25, 0.3) is 0 Å². The van der Waals surface area contributed by atoms with Gasteiger partial charge in [0.05, 0.1) is 0 Å². The maximum atomic E-state index is 2.44. The molecule has 64 valence electrons. The fraction of sp³-hybridized carbons (Fsp3) is 0.800. The molecule has 0 bridgehead atoms. The summed E-state index contributed by atoms with van der Waals surface area (Å²) in [6, 6.07) is 0.769. The Morgan fingerprint density at radius 3 is 2.64 bits per heavy atom. The van der Waals surface area contributed by atoms with Crippen LogP contribution in [0.3, 0.4) is 0 Å². The monoisotopic (exact) mass is 153 g/mol. The lowest BCUT2D eigenvalue weighted by atomic mass is 10.2. The third-order valence-corrected chi connectivity index (χ3v) is 2.27. The van der Waals surface area contributed by atoms with Crippen molar-refractivity contribution in [2.45, 2.75) is 39.7 Å². The lowest BCUT2D eigenvalue weighted by Crippen LogP contribution is -2.20. The molecular weight excluding hydrogens is 134 g/mol. The summed E-state index contributed by atoms with van der Waals surface area (Å²) in [5.41, 5.74) is 0. The van der Waals surface area contributed by atoms with Crippen LogP contribution in [0.25, 0.3) is 0 Å². The first-order valence-corrected chi connectivity index (χ1v) is 4.64. The van der Waals surface area contributed by atoms with Crippen LogP contribution in [0.1, 0.15) is 33.6 Å². The third kappa shape index (κ3) is 2.57. The van der Waals surface area contributed by atoms with Crippen molar-refractivity contribution in [1.29, 1.82) is 0 Å². The van der Waals surface area contributed by atoms with Gasteiger partial charge in [-0.2, -0.15) is 0 Å². The largest absolute Gasteiger partial charge is 0.375 e. The molecule has 1 rings (SSSR count). The summed E-state index contributed by atoms with van der Waals surface area (Å²) < 4.78 is 0. The molecule has 1 atom stereocenters. The van der Waals surface area contributed by atoms with Crippen molar-refractivity contribution in [3.8, 4) is 0 Å². The molecule has 0 aliphatic carbocycles. The molecule has 1 saturated heterocycles. The Balaban J connectivity index is 2.36. The Labute approximate surface area is 70.1 Å². The van der Waals surface area contributed by atoms with Crippen LogP contribution < -0.4 is 0 Å². The van der Waals surface area contributed by atoms with Crippen LogP contribution in [-0.2, 0) is 0 Å². The molecule has 1 aliphatic heterocycles. The normalized spacial score (nSPS) is 25.8. The van der Waals surface area contributed by atoms with Crippen molar-refractivity contribution >= 4 is 0 Å². The first kappa shape index (κ1) is 8.63. The van der Waals surface area contributed by atoms with Gasteiger partial charge >= 0.3 is 0 Å². The van der Waals surface area contributed by atoms with Gasteiger partial charge in [0, 0.05) is 12.6 Å². The number of allylic oxidation sites excluding steroid dienone is 1. The fourth-order valence-corrected chi connectivity index (χ4v) is 1.46. The van der Waals surface area contributed by atoms with Crippen LogP contribution in [0.4, 0.5) is 0 Å². The van der Waals surface area contributed by atoms with Crippen LogP contribution in [0.2, 0.25) is 0 Å². The van der Waals surface area contributed by atoms with Gasteiger partial charge < -0.3 is 4.90 Å². The van der Waals surface area contributed by atoms with Crippen LogP contribution in [0.5, 0.6) is 0 Å². The summed E-state index contributed by atoms with van der Waals surface area (Å²) in [6.45, 7) is 8.00. The predicted octanol–water partition coefficient (Wildman–Crippen LogP) is 2.64. The highest BCUT2D eigenvalue weighted by atomic mass is 15.1. The van der Waals surface area contributed by atoms with E-state index in [1.165, 1.54) is 19.4 Å². The Morgan fingerprint density at radius 1 is 1.45 bits per heavy atom. The zero-order valence-electron chi connectivity index (χ0n) is 7.88. The summed E-state index contributed by atoms with van der Waals surface area (Å²) >= 11 is 0. The molecule has 1 aliphatic rings. The quantitative estimate of drug-likeness (QED) is 0.589. The van der Waals surface area contributed by atoms with Gasteiger partial charge in [-0.15, -0.1) is 0 Å². The van der Waals surface area contributed by atoms with E-state index in [0.29, 0.717) is 5.92 Å². The first-order valence-electron chi connectivity index (χ1n) is 4.64. The van der Waals surface area contributed by atoms with Crippen molar-refractivity contribution in [2.75, 3.05) is 6.54 Å². The van der Waals surface area contributed by atoms with Gasteiger partial charge in [-0.05, 0) is 31.9 Å². The third-order valence-electron chi connectivity index (χ3n) is 2.27. The van der Waals surface area contributed by atoms with E-state index >= 15 is 0 Å². The molecule has 0 aromatic carbocycles. The molecule has 0 N–H and O–H groups in total. The Kier molecular flexibility index (Phi) is 2.98. The number of hydrogen-bond donors (Lipinski definition) is 0. The van der Waals surface area contributed by atoms with Crippen molar-refractivity contribution in [3.63, 3.8) is 0 Å². The van der Waals surface area contributed by atoms with Crippen molar-refractivity contribution in [2.24, 2.45) is 5.92 Å². The van der Waals surface area contributed by atoms with Gasteiger partial charge in [-0.25, -0.2) is 0 Å². The van der Waals surface area contributed by atoms with Crippen LogP contribution in [0.15, 0.2) is 12.3 Å². The summed E-state index contributed by atoms with van der Waals surface area (Å²) in [7, 11) is 0. The number of likely N-dealkylation sites (tertiary alicyclic amines) is 1. The number of hydrogen-bond acceptors (Lipinski definition) is 1. The predicted molar refractivity (Wildman–Crippen MR) is 49.4 cm³/mol. The molecule has 0 aromatic heterocycles. The molecule has 1 heteroatoms. The number of nitrogens with zero attached hydrogens (tertiary/aromatic N) is 1. The first-order chi connectivity index (χ1) is 5.20. The van der Waals surface area contributed by atoms with E-state index in [1.807, 2.05) is 0 Å². The minimum absolute atomic E-state index is 0.683. The average molecular weight is 153 g/mol. The van der Waals surface area contributed by atoms with Crippen molar-refractivity contribution < 1.29 is 0 Å². The fourth-order valence-electron chi connectivity index (χ4n) is 1.46. The maximum Gasteiger partial charge on any atom is 0.0256 e. The lowest BCUT2D eigenvalue weighted by Gasteiger charge is -2.18. The van der Waals surface area contributed by atoms with Gasteiger partial charge in [-0.1, -0.05) is 19.9 Å². The van der Waals surface area contributed by atoms with E-state index in [4.69, 9.17) is 0 Å². The summed E-state index contributed by atoms with van der Waals surface area (Å²) in [5.74, 6) is 0.683. The van der Waals surface area contributed by atoms with Gasteiger partial charge in [0.1, 0.15) is 0 Å². The molecule has 0 aromatic rings. The zero-order chi connectivity index (χ0) is 8.27. The van der Waals surface area contributed by atoms with Gasteiger partial charge in [0.15, 0.2) is 0 Å². The van der Waals surface area contributed by atoms with Crippen LogP contribution in [-0.4, -0.2) is 17.5 Å². The van der Waals surface area contributed by atoms with E-state index < -0.39 is 0 Å². The summed E-state index contributed by atoms with van der Waals surface area (Å²) in [4.78, 5) is 2.44. The van der Waals surface area contributed by atoms with E-state index in [2.05, 4.69) is 37.9 Å². The standard InChI is InChI=1S/C10H19N/c1-9(2)6-8-11-7-4-5-10(11)3/h6,8-10H,4-5,7H2,1-3H3/b8-6+/t10-/m1/s1. The smallest absolute Gasteiger partial charge is 0.0256 e. The van der Waals surface area contributed by atoms with Crippen molar-refractivity contribution in [3.05, 3.63) is 12.3 Å². The number of rotatable bonds is 2. The van der Waals surface area contributed by atoms with Crippen molar-refractivity contribution in [1.82, 2.24) is 4.90 Å². The Morgan fingerprint density at radius 2 is 2.18 bits per heavy atom. The SMILES string of the molecule is CC(C)/C=C/N1CCC[C@H]1C.